The molecule has 5 heteroatoms. The number of nitrogens with one attached hydrogen (secondary N) is 1. The fraction of sp³-hybridized carbons (Fsp3) is 0.250. The number of rotatable bonds is 4. The lowest BCUT2D eigenvalue weighted by Crippen LogP contribution is -2.01. The number of hydrogen-bond acceptors (Lipinski definition) is 3. The average Bonchev–Trinajstić information content (AvgIpc) is 2.75. The highest BCUT2D eigenvalue weighted by Crippen LogP contribution is 2.26. The van der Waals surface area contributed by atoms with Crippen LogP contribution in [0.1, 0.15) is 6.92 Å². The minimum absolute atomic E-state index is 0.802. The van der Waals surface area contributed by atoms with Gasteiger partial charge in [-0.2, -0.15) is 0 Å². The van der Waals surface area contributed by atoms with Gasteiger partial charge in [0.2, 0.25) is 5.95 Å². The Kier molecular flexibility index (Phi) is 3.68. The summed E-state index contributed by atoms with van der Waals surface area (Å²) < 4.78 is 8.22. The Morgan fingerprint density at radius 1 is 1.41 bits per heavy atom. The zero-order chi connectivity index (χ0) is 12.3. The molecule has 4 nitrogen and oxygen atoms in total. The molecule has 1 aromatic heterocycles. The van der Waals surface area contributed by atoms with E-state index >= 15 is 0 Å². The van der Waals surface area contributed by atoms with E-state index in [1.54, 1.807) is 13.3 Å². The highest BCUT2D eigenvalue weighted by Gasteiger charge is 2.04. The number of imidazole rings is 1. The molecule has 2 rings (SSSR count). The smallest absolute Gasteiger partial charge is 0.207 e. The maximum atomic E-state index is 5.21. The number of aryl methyl sites for hydroxylation is 1. The van der Waals surface area contributed by atoms with Crippen LogP contribution >= 0.6 is 15.9 Å². The molecule has 1 aromatic carbocycles. The summed E-state index contributed by atoms with van der Waals surface area (Å²) in [6.07, 6.45) is 3.72. The second-order valence-electron chi connectivity index (χ2n) is 3.54. The summed E-state index contributed by atoms with van der Waals surface area (Å²) in [7, 11) is 1.65. The van der Waals surface area contributed by atoms with Gasteiger partial charge in [-0.05, 0) is 19.1 Å². The predicted molar refractivity (Wildman–Crippen MR) is 71.9 cm³/mol. The van der Waals surface area contributed by atoms with Crippen molar-refractivity contribution in [2.24, 2.45) is 0 Å². The summed E-state index contributed by atoms with van der Waals surface area (Å²) in [6.45, 7) is 2.96. The quantitative estimate of drug-likeness (QED) is 0.939. The molecule has 0 aliphatic carbocycles. The molecule has 0 saturated carbocycles. The van der Waals surface area contributed by atoms with Gasteiger partial charge in [0.1, 0.15) is 5.75 Å². The van der Waals surface area contributed by atoms with Gasteiger partial charge >= 0.3 is 0 Å². The van der Waals surface area contributed by atoms with E-state index in [1.807, 2.05) is 29.0 Å². The van der Waals surface area contributed by atoms with Crippen molar-refractivity contribution in [1.82, 2.24) is 9.55 Å². The standard InChI is InChI=1S/C12H14BrN3O/c1-3-16-5-4-14-12(16)15-10-6-9(13)7-11(8-10)17-2/h4-8H,3H2,1-2H3,(H,14,15). The van der Waals surface area contributed by atoms with E-state index in [0.717, 1.165) is 28.4 Å². The summed E-state index contributed by atoms with van der Waals surface area (Å²) in [5.41, 5.74) is 0.942. The van der Waals surface area contributed by atoms with Gasteiger partial charge in [-0.15, -0.1) is 0 Å². The van der Waals surface area contributed by atoms with Crippen molar-refractivity contribution in [3.63, 3.8) is 0 Å². The van der Waals surface area contributed by atoms with E-state index < -0.39 is 0 Å². The largest absolute Gasteiger partial charge is 0.497 e. The number of halogens is 1. The van der Waals surface area contributed by atoms with Crippen molar-refractivity contribution < 1.29 is 4.74 Å². The van der Waals surface area contributed by atoms with Gasteiger partial charge in [0.25, 0.3) is 0 Å². The number of methoxy groups -OCH3 is 1. The molecule has 1 N–H and O–H groups in total. The Labute approximate surface area is 109 Å². The molecule has 2 aromatic rings. The Morgan fingerprint density at radius 2 is 2.24 bits per heavy atom. The summed E-state index contributed by atoms with van der Waals surface area (Å²) in [5, 5.41) is 3.26. The molecular weight excluding hydrogens is 282 g/mol. The number of benzene rings is 1. The average molecular weight is 296 g/mol. The second kappa shape index (κ2) is 5.23. The molecule has 0 saturated heterocycles. The monoisotopic (exact) mass is 295 g/mol. The van der Waals surface area contributed by atoms with E-state index in [4.69, 9.17) is 4.74 Å². The van der Waals surface area contributed by atoms with Crippen molar-refractivity contribution in [3.8, 4) is 5.75 Å². The van der Waals surface area contributed by atoms with Gasteiger partial charge in [-0.1, -0.05) is 15.9 Å². The van der Waals surface area contributed by atoms with Gasteiger partial charge in [-0.25, -0.2) is 4.98 Å². The predicted octanol–water partition coefficient (Wildman–Crippen LogP) is 3.42. The van der Waals surface area contributed by atoms with Crippen LogP contribution in [0.15, 0.2) is 35.1 Å². The molecule has 0 fully saturated rings. The van der Waals surface area contributed by atoms with E-state index in [9.17, 15) is 0 Å². The summed E-state index contributed by atoms with van der Waals surface area (Å²) in [6, 6.07) is 5.83. The first-order valence-corrected chi connectivity index (χ1v) is 6.15. The number of nitrogens with zero attached hydrogens (tertiary/aromatic N) is 2. The van der Waals surface area contributed by atoms with Crippen LogP contribution in [0.3, 0.4) is 0 Å². The normalized spacial score (nSPS) is 10.3. The van der Waals surface area contributed by atoms with Crippen LogP contribution in [-0.2, 0) is 6.54 Å². The lowest BCUT2D eigenvalue weighted by Gasteiger charge is -2.09. The van der Waals surface area contributed by atoms with Crippen LogP contribution in [0.2, 0.25) is 0 Å². The molecule has 0 atom stereocenters. The van der Waals surface area contributed by atoms with E-state index in [2.05, 4.69) is 33.2 Å². The molecule has 0 spiro atoms. The van der Waals surface area contributed by atoms with Crippen LogP contribution in [0.4, 0.5) is 11.6 Å². The minimum Gasteiger partial charge on any atom is -0.497 e. The highest BCUT2D eigenvalue weighted by atomic mass is 79.9. The molecule has 0 aliphatic rings. The fourth-order valence-electron chi connectivity index (χ4n) is 1.57. The van der Waals surface area contributed by atoms with Crippen molar-refractivity contribution in [2.75, 3.05) is 12.4 Å². The number of anilines is 2. The van der Waals surface area contributed by atoms with Crippen LogP contribution in [-0.4, -0.2) is 16.7 Å². The zero-order valence-corrected chi connectivity index (χ0v) is 11.4. The van der Waals surface area contributed by atoms with Gasteiger partial charge < -0.3 is 14.6 Å². The topological polar surface area (TPSA) is 39.1 Å². The Hall–Kier alpha value is -1.49. The first-order valence-electron chi connectivity index (χ1n) is 5.35. The van der Waals surface area contributed by atoms with Crippen LogP contribution < -0.4 is 10.1 Å². The van der Waals surface area contributed by atoms with Crippen molar-refractivity contribution >= 4 is 27.6 Å². The molecule has 90 valence electrons. The number of ether oxygens (including phenoxy) is 1. The van der Waals surface area contributed by atoms with Crippen LogP contribution in [0, 0.1) is 0 Å². The maximum Gasteiger partial charge on any atom is 0.207 e. The lowest BCUT2D eigenvalue weighted by atomic mass is 10.3. The van der Waals surface area contributed by atoms with Gasteiger partial charge in [0, 0.05) is 35.2 Å². The number of aromatic nitrogens is 2. The molecule has 0 unspecified atom stereocenters. The minimum atomic E-state index is 0.802. The van der Waals surface area contributed by atoms with Crippen molar-refractivity contribution in [2.45, 2.75) is 13.5 Å². The Bertz CT molecular complexity index is 510. The highest BCUT2D eigenvalue weighted by molar-refractivity contribution is 9.10. The van der Waals surface area contributed by atoms with Gasteiger partial charge in [-0.3, -0.25) is 0 Å². The van der Waals surface area contributed by atoms with E-state index in [0.29, 0.717) is 0 Å². The lowest BCUT2D eigenvalue weighted by molar-refractivity contribution is 0.415. The second-order valence-corrected chi connectivity index (χ2v) is 4.46. The molecule has 0 bridgehead atoms. The summed E-state index contributed by atoms with van der Waals surface area (Å²) >= 11 is 3.45. The third-order valence-electron chi connectivity index (χ3n) is 2.42. The molecule has 0 radical (unpaired) electrons. The Morgan fingerprint density at radius 3 is 2.94 bits per heavy atom. The molecule has 17 heavy (non-hydrogen) atoms. The van der Waals surface area contributed by atoms with Crippen molar-refractivity contribution in [3.05, 3.63) is 35.1 Å². The van der Waals surface area contributed by atoms with E-state index in [1.165, 1.54) is 0 Å². The zero-order valence-electron chi connectivity index (χ0n) is 9.77. The Balaban J connectivity index is 2.26. The fourth-order valence-corrected chi connectivity index (χ4v) is 2.04. The maximum absolute atomic E-state index is 5.21. The van der Waals surface area contributed by atoms with E-state index in [-0.39, 0.29) is 0 Å². The third-order valence-corrected chi connectivity index (χ3v) is 2.88. The molecular formula is C12H14BrN3O. The van der Waals surface area contributed by atoms with Gasteiger partial charge in [0.05, 0.1) is 7.11 Å². The van der Waals surface area contributed by atoms with Crippen LogP contribution in [0.5, 0.6) is 5.75 Å². The summed E-state index contributed by atoms with van der Waals surface area (Å²) in [4.78, 5) is 4.26. The SMILES string of the molecule is CCn1ccnc1Nc1cc(Br)cc(OC)c1. The third kappa shape index (κ3) is 2.79. The molecule has 1 heterocycles. The summed E-state index contributed by atoms with van der Waals surface area (Å²) in [5.74, 6) is 1.63. The van der Waals surface area contributed by atoms with Crippen molar-refractivity contribution in [1.29, 1.82) is 0 Å². The van der Waals surface area contributed by atoms with Crippen LogP contribution in [0.25, 0.3) is 0 Å². The first kappa shape index (κ1) is 12.0. The number of hydrogen-bond donors (Lipinski definition) is 1. The molecule has 0 amide bonds. The first-order chi connectivity index (χ1) is 8.22. The van der Waals surface area contributed by atoms with Gasteiger partial charge in [0.15, 0.2) is 0 Å². The molecule has 0 aliphatic heterocycles.